The van der Waals surface area contributed by atoms with Crippen LogP contribution in [-0.4, -0.2) is 17.1 Å². The molecule has 26 heavy (non-hydrogen) atoms. The fourth-order valence-electron chi connectivity index (χ4n) is 3.54. The van der Waals surface area contributed by atoms with Crippen LogP contribution in [0.4, 0.5) is 0 Å². The van der Waals surface area contributed by atoms with Gasteiger partial charge in [0.05, 0.1) is 17.7 Å². The highest BCUT2D eigenvalue weighted by atomic mass is 16.5. The van der Waals surface area contributed by atoms with Crippen molar-refractivity contribution in [3.8, 4) is 5.75 Å². The average Bonchev–Trinajstić information content (AvgIpc) is 2.94. The molecule has 1 saturated carbocycles. The number of rotatable bonds is 6. The van der Waals surface area contributed by atoms with Gasteiger partial charge in [0.25, 0.3) is 0 Å². The second-order valence-corrected chi connectivity index (χ2v) is 7.35. The van der Waals surface area contributed by atoms with Gasteiger partial charge in [-0.3, -0.25) is 4.79 Å². The number of hydrogen-bond donors (Lipinski definition) is 1. The van der Waals surface area contributed by atoms with Gasteiger partial charge in [-0.1, -0.05) is 37.1 Å². The van der Waals surface area contributed by atoms with E-state index in [2.05, 4.69) is 17.4 Å². The quantitative estimate of drug-likeness (QED) is 0.846. The molecule has 2 atom stereocenters. The molecule has 1 N–H and O–H groups in total. The summed E-state index contributed by atoms with van der Waals surface area (Å²) in [5.41, 5.74) is 2.83. The molecule has 0 bridgehead atoms. The Morgan fingerprint density at radius 2 is 1.96 bits per heavy atom. The summed E-state index contributed by atoms with van der Waals surface area (Å²) in [5, 5.41) is 7.13. The number of benzene rings is 1. The van der Waals surface area contributed by atoms with Gasteiger partial charge in [-0.25, -0.2) is 0 Å². The topological polar surface area (TPSA) is 64.4 Å². The van der Waals surface area contributed by atoms with Crippen LogP contribution >= 0.6 is 0 Å². The van der Waals surface area contributed by atoms with Gasteiger partial charge in [0.1, 0.15) is 18.1 Å². The lowest BCUT2D eigenvalue weighted by atomic mass is 9.86. The second kappa shape index (κ2) is 8.39. The highest BCUT2D eigenvalue weighted by molar-refractivity contribution is 5.78. The summed E-state index contributed by atoms with van der Waals surface area (Å²) >= 11 is 0. The number of nitrogens with one attached hydrogen (secondary N) is 1. The van der Waals surface area contributed by atoms with Crippen LogP contribution < -0.4 is 10.1 Å². The number of nitrogens with zero attached hydrogens (tertiary/aromatic N) is 1. The van der Waals surface area contributed by atoms with E-state index in [9.17, 15) is 4.79 Å². The van der Waals surface area contributed by atoms with Crippen LogP contribution in [0.15, 0.2) is 28.8 Å². The molecule has 0 aliphatic heterocycles. The number of aryl methyl sites for hydroxylation is 2. The highest BCUT2D eigenvalue weighted by Gasteiger charge is 2.22. The van der Waals surface area contributed by atoms with E-state index >= 15 is 0 Å². The monoisotopic (exact) mass is 356 g/mol. The van der Waals surface area contributed by atoms with Crippen molar-refractivity contribution in [2.24, 2.45) is 5.92 Å². The van der Waals surface area contributed by atoms with Crippen molar-refractivity contribution in [3.63, 3.8) is 0 Å². The fourth-order valence-corrected chi connectivity index (χ4v) is 3.54. The van der Waals surface area contributed by atoms with Crippen LogP contribution in [0.25, 0.3) is 0 Å². The number of carbonyl (C=O) groups excluding carboxylic acids is 1. The maximum absolute atomic E-state index is 12.3. The summed E-state index contributed by atoms with van der Waals surface area (Å²) in [7, 11) is 0. The first kappa shape index (κ1) is 18.5. The van der Waals surface area contributed by atoms with Gasteiger partial charge < -0.3 is 14.6 Å². The maximum atomic E-state index is 12.3. The van der Waals surface area contributed by atoms with Gasteiger partial charge in [0, 0.05) is 6.04 Å². The smallest absolute Gasteiger partial charge is 0.224 e. The largest absolute Gasteiger partial charge is 0.489 e. The molecule has 1 aromatic heterocycles. The van der Waals surface area contributed by atoms with E-state index < -0.39 is 0 Å². The average molecular weight is 356 g/mol. The van der Waals surface area contributed by atoms with Gasteiger partial charge in [0.2, 0.25) is 5.91 Å². The predicted octanol–water partition coefficient (Wildman–Crippen LogP) is 4.11. The van der Waals surface area contributed by atoms with E-state index in [1.165, 1.54) is 19.3 Å². The molecule has 1 aliphatic rings. The molecule has 1 fully saturated rings. The van der Waals surface area contributed by atoms with Gasteiger partial charge in [-0.15, -0.1) is 0 Å². The standard InChI is InChI=1S/C21H28N2O3/c1-14-6-4-5-7-20(14)22-21(24)12-17-8-10-18(11-9-17)25-13-19-15(2)23-26-16(19)3/h8-11,14,20H,4-7,12-13H2,1-3H3,(H,22,24)/t14-,20+/m0/s1. The molecule has 1 aliphatic carbocycles. The van der Waals surface area contributed by atoms with E-state index in [-0.39, 0.29) is 5.91 Å². The Balaban J connectivity index is 1.50. The van der Waals surface area contributed by atoms with Crippen molar-refractivity contribution >= 4 is 5.91 Å². The van der Waals surface area contributed by atoms with E-state index in [0.29, 0.717) is 25.0 Å². The lowest BCUT2D eigenvalue weighted by molar-refractivity contribution is -0.121. The number of amides is 1. The summed E-state index contributed by atoms with van der Waals surface area (Å²) in [5.74, 6) is 2.24. The molecule has 5 nitrogen and oxygen atoms in total. The van der Waals surface area contributed by atoms with Crippen molar-refractivity contribution < 1.29 is 14.1 Å². The van der Waals surface area contributed by atoms with Crippen molar-refractivity contribution in [2.45, 2.75) is 65.5 Å². The van der Waals surface area contributed by atoms with Crippen LogP contribution in [-0.2, 0) is 17.8 Å². The van der Waals surface area contributed by atoms with Crippen LogP contribution in [0, 0.1) is 19.8 Å². The van der Waals surface area contributed by atoms with E-state index in [4.69, 9.17) is 9.26 Å². The van der Waals surface area contributed by atoms with Gasteiger partial charge >= 0.3 is 0 Å². The third kappa shape index (κ3) is 4.65. The maximum Gasteiger partial charge on any atom is 0.224 e. The lowest BCUT2D eigenvalue weighted by Gasteiger charge is -2.29. The van der Waals surface area contributed by atoms with E-state index in [0.717, 1.165) is 34.8 Å². The SMILES string of the molecule is Cc1noc(C)c1COc1ccc(CC(=O)N[C@@H]2CCCC[C@@H]2C)cc1. The molecule has 1 aromatic carbocycles. The van der Waals surface area contributed by atoms with Gasteiger partial charge in [0.15, 0.2) is 0 Å². The molecule has 0 unspecified atom stereocenters. The first-order valence-corrected chi connectivity index (χ1v) is 9.46. The number of hydrogen-bond acceptors (Lipinski definition) is 4. The van der Waals surface area contributed by atoms with Crippen LogP contribution in [0.3, 0.4) is 0 Å². The Bertz CT molecular complexity index is 717. The molecule has 3 rings (SSSR count). The molecule has 0 saturated heterocycles. The molecular weight excluding hydrogens is 328 g/mol. The molecule has 0 radical (unpaired) electrons. The zero-order valence-electron chi connectivity index (χ0n) is 15.9. The molecule has 5 heteroatoms. The van der Waals surface area contributed by atoms with E-state index in [1.807, 2.05) is 38.1 Å². The van der Waals surface area contributed by atoms with Crippen molar-refractivity contribution in [2.75, 3.05) is 0 Å². The highest BCUT2D eigenvalue weighted by Crippen LogP contribution is 2.24. The minimum atomic E-state index is 0.105. The third-order valence-electron chi connectivity index (χ3n) is 5.31. The predicted molar refractivity (Wildman–Crippen MR) is 100 cm³/mol. The zero-order valence-corrected chi connectivity index (χ0v) is 15.9. The number of carbonyl (C=O) groups is 1. The summed E-state index contributed by atoms with van der Waals surface area (Å²) in [4.78, 5) is 12.3. The molecule has 1 amide bonds. The van der Waals surface area contributed by atoms with Crippen molar-refractivity contribution in [3.05, 3.63) is 46.8 Å². The fraction of sp³-hybridized carbons (Fsp3) is 0.524. The van der Waals surface area contributed by atoms with Crippen LogP contribution in [0.1, 0.15) is 55.2 Å². The molecule has 0 spiro atoms. The minimum Gasteiger partial charge on any atom is -0.489 e. The molecule has 2 aromatic rings. The van der Waals surface area contributed by atoms with E-state index in [1.54, 1.807) is 0 Å². The number of aromatic nitrogens is 1. The Morgan fingerprint density at radius 1 is 1.23 bits per heavy atom. The second-order valence-electron chi connectivity index (χ2n) is 7.35. The Hall–Kier alpha value is -2.30. The Labute approximate surface area is 155 Å². The first-order chi connectivity index (χ1) is 12.5. The first-order valence-electron chi connectivity index (χ1n) is 9.46. The van der Waals surface area contributed by atoms with Gasteiger partial charge in [-0.2, -0.15) is 0 Å². The Morgan fingerprint density at radius 3 is 2.62 bits per heavy atom. The van der Waals surface area contributed by atoms with Gasteiger partial charge in [-0.05, 0) is 50.3 Å². The normalized spacial score (nSPS) is 20.0. The summed E-state index contributed by atoms with van der Waals surface area (Å²) < 4.78 is 10.9. The van der Waals surface area contributed by atoms with Crippen LogP contribution in [0.5, 0.6) is 5.75 Å². The van der Waals surface area contributed by atoms with Crippen molar-refractivity contribution in [1.82, 2.24) is 10.5 Å². The number of ether oxygens (including phenoxy) is 1. The summed E-state index contributed by atoms with van der Waals surface area (Å²) in [6, 6.07) is 8.04. The molecular formula is C21H28N2O3. The summed E-state index contributed by atoms with van der Waals surface area (Å²) in [6.45, 7) is 6.45. The molecule has 1 heterocycles. The molecule has 140 valence electrons. The third-order valence-corrected chi connectivity index (χ3v) is 5.31. The summed E-state index contributed by atoms with van der Waals surface area (Å²) in [6.07, 6.45) is 5.21. The lowest BCUT2D eigenvalue weighted by Crippen LogP contribution is -2.41. The van der Waals surface area contributed by atoms with Crippen molar-refractivity contribution in [1.29, 1.82) is 0 Å². The minimum absolute atomic E-state index is 0.105. The Kier molecular flexibility index (Phi) is 5.96. The van der Waals surface area contributed by atoms with Crippen LogP contribution in [0.2, 0.25) is 0 Å². The zero-order chi connectivity index (χ0) is 18.5.